The molecule has 0 unspecified atom stereocenters. The molecule has 4 rings (SSSR count). The van der Waals surface area contributed by atoms with Crippen LogP contribution in [0.2, 0.25) is 0 Å². The summed E-state index contributed by atoms with van der Waals surface area (Å²) in [4.78, 5) is 23.1. The Balaban J connectivity index is 1.67. The van der Waals surface area contributed by atoms with Gasteiger partial charge in [-0.25, -0.2) is 4.98 Å². The maximum absolute atomic E-state index is 11.9. The molecule has 1 saturated heterocycles. The highest BCUT2D eigenvalue weighted by Crippen LogP contribution is 2.34. The molecule has 1 fully saturated rings. The van der Waals surface area contributed by atoms with Crippen molar-refractivity contribution in [3.05, 3.63) is 48.4 Å². The standard InChI is InChI=1S/C17H18N6O/c1-22-8-11(6-20-22)12-9-23(10-13(12)17(18)24)16-7-19-14-4-2-3-5-15(14)21-16/h2-8,12-13H,9-10H2,1H3,(H2,18,24)/t12-,13+/m1/s1. The van der Waals surface area contributed by atoms with Crippen LogP contribution in [0.25, 0.3) is 11.0 Å². The fourth-order valence-corrected chi connectivity index (χ4v) is 3.35. The molecule has 0 aliphatic carbocycles. The summed E-state index contributed by atoms with van der Waals surface area (Å²) in [5, 5.41) is 4.21. The molecule has 7 heteroatoms. The SMILES string of the molecule is Cn1cc([C@H]2CN(c3cnc4ccccc4n3)C[C@@H]2C(N)=O)cn1. The quantitative estimate of drug-likeness (QED) is 0.779. The smallest absolute Gasteiger partial charge is 0.223 e. The number of aromatic nitrogens is 4. The number of hydrogen-bond acceptors (Lipinski definition) is 5. The van der Waals surface area contributed by atoms with E-state index in [2.05, 4.69) is 20.0 Å². The van der Waals surface area contributed by atoms with Crippen LogP contribution in [0.5, 0.6) is 0 Å². The van der Waals surface area contributed by atoms with Crippen molar-refractivity contribution in [3.63, 3.8) is 0 Å². The van der Waals surface area contributed by atoms with Gasteiger partial charge in [0.1, 0.15) is 5.82 Å². The molecule has 2 atom stereocenters. The van der Waals surface area contributed by atoms with E-state index in [-0.39, 0.29) is 17.7 Å². The number of carbonyl (C=O) groups is 1. The van der Waals surface area contributed by atoms with Crippen LogP contribution >= 0.6 is 0 Å². The van der Waals surface area contributed by atoms with Crippen LogP contribution in [-0.2, 0) is 11.8 Å². The number of para-hydroxylation sites is 2. The molecule has 3 aromatic rings. The van der Waals surface area contributed by atoms with Gasteiger partial charge in [-0.05, 0) is 17.7 Å². The molecule has 24 heavy (non-hydrogen) atoms. The Morgan fingerprint density at radius 3 is 2.71 bits per heavy atom. The molecular formula is C17H18N6O. The Hall–Kier alpha value is -2.96. The monoisotopic (exact) mass is 322 g/mol. The topological polar surface area (TPSA) is 89.9 Å². The summed E-state index contributed by atoms with van der Waals surface area (Å²) in [6, 6.07) is 7.75. The predicted octanol–water partition coefficient (Wildman–Crippen LogP) is 1.07. The first-order chi connectivity index (χ1) is 11.6. The summed E-state index contributed by atoms with van der Waals surface area (Å²) in [6.07, 6.45) is 5.50. The summed E-state index contributed by atoms with van der Waals surface area (Å²) in [5.74, 6) is 0.235. The highest BCUT2D eigenvalue weighted by Gasteiger charge is 2.38. The zero-order chi connectivity index (χ0) is 16.7. The average molecular weight is 322 g/mol. The maximum atomic E-state index is 11.9. The van der Waals surface area contributed by atoms with Gasteiger partial charge in [0.25, 0.3) is 0 Å². The molecule has 1 aromatic carbocycles. The average Bonchev–Trinajstić information content (AvgIpc) is 3.20. The van der Waals surface area contributed by atoms with E-state index in [0.29, 0.717) is 13.1 Å². The minimum atomic E-state index is -0.292. The lowest BCUT2D eigenvalue weighted by Crippen LogP contribution is -2.29. The van der Waals surface area contributed by atoms with Gasteiger partial charge in [-0.1, -0.05) is 12.1 Å². The van der Waals surface area contributed by atoms with E-state index in [1.54, 1.807) is 17.1 Å². The summed E-state index contributed by atoms with van der Waals surface area (Å²) in [6.45, 7) is 1.22. The van der Waals surface area contributed by atoms with Crippen LogP contribution in [0, 0.1) is 5.92 Å². The zero-order valence-corrected chi connectivity index (χ0v) is 13.3. The summed E-state index contributed by atoms with van der Waals surface area (Å²) < 4.78 is 1.74. The maximum Gasteiger partial charge on any atom is 0.223 e. The van der Waals surface area contributed by atoms with E-state index in [1.165, 1.54) is 0 Å². The van der Waals surface area contributed by atoms with Crippen LogP contribution in [0.1, 0.15) is 11.5 Å². The lowest BCUT2D eigenvalue weighted by atomic mass is 9.90. The van der Waals surface area contributed by atoms with Gasteiger partial charge in [-0.3, -0.25) is 14.5 Å². The molecule has 7 nitrogen and oxygen atoms in total. The second-order valence-electron chi connectivity index (χ2n) is 6.18. The van der Waals surface area contributed by atoms with Crippen LogP contribution in [0.15, 0.2) is 42.9 Å². The van der Waals surface area contributed by atoms with Crippen molar-refractivity contribution < 1.29 is 4.79 Å². The highest BCUT2D eigenvalue weighted by atomic mass is 16.1. The molecular weight excluding hydrogens is 304 g/mol. The molecule has 3 heterocycles. The fourth-order valence-electron chi connectivity index (χ4n) is 3.35. The number of benzene rings is 1. The van der Waals surface area contributed by atoms with Gasteiger partial charge >= 0.3 is 0 Å². The molecule has 1 amide bonds. The minimum absolute atomic E-state index is 0.0180. The Kier molecular flexibility index (Phi) is 3.41. The van der Waals surface area contributed by atoms with E-state index in [0.717, 1.165) is 22.4 Å². The summed E-state index contributed by atoms with van der Waals surface area (Å²) in [7, 11) is 1.87. The first-order valence-electron chi connectivity index (χ1n) is 7.86. The molecule has 1 aliphatic heterocycles. The highest BCUT2D eigenvalue weighted by molar-refractivity contribution is 5.80. The Labute approximate surface area is 139 Å². The number of nitrogens with two attached hydrogens (primary N) is 1. The van der Waals surface area contributed by atoms with E-state index in [9.17, 15) is 4.79 Å². The second kappa shape index (κ2) is 5.59. The number of nitrogens with zero attached hydrogens (tertiary/aromatic N) is 5. The number of anilines is 1. The van der Waals surface area contributed by atoms with E-state index >= 15 is 0 Å². The van der Waals surface area contributed by atoms with Gasteiger partial charge in [-0.15, -0.1) is 0 Å². The van der Waals surface area contributed by atoms with Crippen molar-refractivity contribution in [2.24, 2.45) is 18.7 Å². The largest absolute Gasteiger partial charge is 0.369 e. The second-order valence-corrected chi connectivity index (χ2v) is 6.18. The summed E-state index contributed by atoms with van der Waals surface area (Å²) in [5.41, 5.74) is 8.36. The predicted molar refractivity (Wildman–Crippen MR) is 90.4 cm³/mol. The van der Waals surface area contributed by atoms with Crippen LogP contribution in [0.4, 0.5) is 5.82 Å². The number of fused-ring (bicyclic) bond motifs is 1. The number of carbonyl (C=O) groups excluding carboxylic acids is 1. The molecule has 1 aliphatic rings. The van der Waals surface area contributed by atoms with Gasteiger partial charge < -0.3 is 10.6 Å². The third-order valence-electron chi connectivity index (χ3n) is 4.60. The number of rotatable bonds is 3. The third kappa shape index (κ3) is 2.47. The normalized spacial score (nSPS) is 20.6. The fraction of sp³-hybridized carbons (Fsp3) is 0.294. The number of amides is 1. The van der Waals surface area contributed by atoms with Crippen molar-refractivity contribution in [1.29, 1.82) is 0 Å². The first-order valence-corrected chi connectivity index (χ1v) is 7.86. The van der Waals surface area contributed by atoms with Crippen molar-refractivity contribution in [3.8, 4) is 0 Å². The van der Waals surface area contributed by atoms with Crippen LogP contribution in [-0.4, -0.2) is 38.7 Å². The number of hydrogen-bond donors (Lipinski definition) is 1. The molecule has 122 valence electrons. The molecule has 0 saturated carbocycles. The van der Waals surface area contributed by atoms with E-state index in [1.807, 2.05) is 37.5 Å². The van der Waals surface area contributed by atoms with Crippen LogP contribution < -0.4 is 10.6 Å². The zero-order valence-electron chi connectivity index (χ0n) is 13.3. The van der Waals surface area contributed by atoms with Gasteiger partial charge in [0.2, 0.25) is 5.91 Å². The van der Waals surface area contributed by atoms with Crippen molar-refractivity contribution >= 4 is 22.8 Å². The lowest BCUT2D eigenvalue weighted by molar-refractivity contribution is -0.121. The van der Waals surface area contributed by atoms with Crippen LogP contribution in [0.3, 0.4) is 0 Å². The van der Waals surface area contributed by atoms with E-state index < -0.39 is 0 Å². The van der Waals surface area contributed by atoms with Gasteiger partial charge in [0.05, 0.1) is 29.3 Å². The molecule has 0 spiro atoms. The molecule has 2 aromatic heterocycles. The van der Waals surface area contributed by atoms with Gasteiger partial charge in [0.15, 0.2) is 0 Å². The Morgan fingerprint density at radius 1 is 1.21 bits per heavy atom. The lowest BCUT2D eigenvalue weighted by Gasteiger charge is -2.17. The molecule has 2 N–H and O–H groups in total. The number of aryl methyl sites for hydroxylation is 1. The Bertz CT molecular complexity index is 905. The van der Waals surface area contributed by atoms with E-state index in [4.69, 9.17) is 5.73 Å². The van der Waals surface area contributed by atoms with Gasteiger partial charge in [-0.2, -0.15) is 5.10 Å². The van der Waals surface area contributed by atoms with Crippen molar-refractivity contribution in [2.45, 2.75) is 5.92 Å². The third-order valence-corrected chi connectivity index (χ3v) is 4.60. The van der Waals surface area contributed by atoms with Gasteiger partial charge in [0, 0.05) is 32.3 Å². The number of primary amides is 1. The molecule has 0 bridgehead atoms. The Morgan fingerprint density at radius 2 is 2.00 bits per heavy atom. The van der Waals surface area contributed by atoms with Crippen molar-refractivity contribution in [2.75, 3.05) is 18.0 Å². The minimum Gasteiger partial charge on any atom is -0.369 e. The van der Waals surface area contributed by atoms with Crippen molar-refractivity contribution in [1.82, 2.24) is 19.7 Å². The molecule has 0 radical (unpaired) electrons. The first kappa shape index (κ1) is 14.6. The summed E-state index contributed by atoms with van der Waals surface area (Å²) >= 11 is 0.